The number of benzene rings is 2. The molecule has 2 aromatic rings. The summed E-state index contributed by atoms with van der Waals surface area (Å²) in [6, 6.07) is 13.4. The van der Waals surface area contributed by atoms with E-state index in [9.17, 15) is 19.2 Å². The zero-order valence-corrected chi connectivity index (χ0v) is 17.8. The zero-order valence-electron chi connectivity index (χ0n) is 17.8. The van der Waals surface area contributed by atoms with Gasteiger partial charge in [-0.25, -0.2) is 4.79 Å². The van der Waals surface area contributed by atoms with Crippen LogP contribution in [0.4, 0.5) is 16.2 Å². The predicted octanol–water partition coefficient (Wildman–Crippen LogP) is 2.13. The molecule has 9 nitrogen and oxygen atoms in total. The fraction of sp³-hybridized carbons (Fsp3) is 0.304. The summed E-state index contributed by atoms with van der Waals surface area (Å²) in [4.78, 5) is 50.9. The average molecular weight is 436 g/mol. The van der Waals surface area contributed by atoms with E-state index in [2.05, 4.69) is 16.0 Å². The Morgan fingerprint density at radius 1 is 1.19 bits per heavy atom. The van der Waals surface area contributed by atoms with E-state index < -0.39 is 23.4 Å². The van der Waals surface area contributed by atoms with Crippen molar-refractivity contribution in [2.75, 3.05) is 23.4 Å². The molecule has 2 fully saturated rings. The number of nitrogens with zero attached hydrogens (tertiary/aromatic N) is 1. The maximum absolute atomic E-state index is 12.9. The summed E-state index contributed by atoms with van der Waals surface area (Å²) >= 11 is 0. The predicted molar refractivity (Wildman–Crippen MR) is 117 cm³/mol. The molecule has 2 aliphatic rings. The van der Waals surface area contributed by atoms with Crippen LogP contribution >= 0.6 is 0 Å². The van der Waals surface area contributed by atoms with E-state index in [1.165, 1.54) is 0 Å². The Hall–Kier alpha value is -3.88. The summed E-state index contributed by atoms with van der Waals surface area (Å²) in [5.41, 5.74) is 0.435. The number of anilines is 2. The minimum atomic E-state index is -1.22. The molecule has 4 rings (SSSR count). The maximum Gasteiger partial charge on any atom is 0.322 e. The molecular formula is C23H24N4O5. The third kappa shape index (κ3) is 3.89. The van der Waals surface area contributed by atoms with Gasteiger partial charge in [0.05, 0.1) is 18.2 Å². The van der Waals surface area contributed by atoms with E-state index >= 15 is 0 Å². The number of para-hydroxylation sites is 2. The summed E-state index contributed by atoms with van der Waals surface area (Å²) in [6.45, 7) is 4.17. The number of carbonyl (C=O) groups excluding carboxylic acids is 4. The van der Waals surface area contributed by atoms with Crippen molar-refractivity contribution >= 4 is 35.1 Å². The molecule has 3 N–H and O–H groups in total. The molecular weight excluding hydrogens is 412 g/mol. The van der Waals surface area contributed by atoms with E-state index in [1.54, 1.807) is 48.2 Å². The number of amides is 5. The van der Waals surface area contributed by atoms with E-state index in [1.807, 2.05) is 19.1 Å². The highest BCUT2D eigenvalue weighted by molar-refractivity contribution is 6.07. The normalized spacial score (nSPS) is 22.5. The Bertz CT molecular complexity index is 1100. The third-order valence-corrected chi connectivity index (χ3v) is 5.70. The van der Waals surface area contributed by atoms with Gasteiger partial charge in [-0.3, -0.25) is 19.7 Å². The molecule has 0 radical (unpaired) electrons. The molecule has 2 aromatic carbocycles. The van der Waals surface area contributed by atoms with E-state index in [0.717, 1.165) is 0 Å². The highest BCUT2D eigenvalue weighted by Gasteiger charge is 2.43. The van der Waals surface area contributed by atoms with Crippen molar-refractivity contribution in [2.45, 2.75) is 25.8 Å². The second-order valence-electron chi connectivity index (χ2n) is 7.91. The van der Waals surface area contributed by atoms with Gasteiger partial charge in [-0.15, -0.1) is 0 Å². The number of hydrogen-bond donors (Lipinski definition) is 3. The minimum absolute atomic E-state index is 0.0855. The van der Waals surface area contributed by atoms with Gasteiger partial charge in [0, 0.05) is 18.7 Å². The van der Waals surface area contributed by atoms with Gasteiger partial charge in [0.1, 0.15) is 11.3 Å². The first-order valence-corrected chi connectivity index (χ1v) is 10.4. The molecule has 0 aliphatic carbocycles. The van der Waals surface area contributed by atoms with Gasteiger partial charge in [0.2, 0.25) is 11.8 Å². The molecule has 2 unspecified atom stereocenters. The molecule has 166 valence electrons. The molecule has 2 saturated heterocycles. The number of urea groups is 1. The Morgan fingerprint density at radius 3 is 2.69 bits per heavy atom. The van der Waals surface area contributed by atoms with Crippen LogP contribution in [-0.4, -0.2) is 36.9 Å². The van der Waals surface area contributed by atoms with Crippen molar-refractivity contribution in [2.24, 2.45) is 5.92 Å². The van der Waals surface area contributed by atoms with Crippen LogP contribution in [-0.2, 0) is 19.9 Å². The lowest BCUT2D eigenvalue weighted by Gasteiger charge is -2.22. The molecule has 32 heavy (non-hydrogen) atoms. The van der Waals surface area contributed by atoms with E-state index in [4.69, 9.17) is 4.74 Å². The number of rotatable bonds is 6. The summed E-state index contributed by atoms with van der Waals surface area (Å²) in [7, 11) is 0. The quantitative estimate of drug-likeness (QED) is 0.600. The van der Waals surface area contributed by atoms with Crippen LogP contribution in [0.25, 0.3) is 0 Å². The molecule has 2 aliphatic heterocycles. The number of imide groups is 1. The van der Waals surface area contributed by atoms with E-state index in [-0.39, 0.29) is 24.8 Å². The van der Waals surface area contributed by atoms with Crippen molar-refractivity contribution in [3.8, 4) is 5.75 Å². The zero-order chi connectivity index (χ0) is 22.9. The number of nitrogens with one attached hydrogen (secondary N) is 3. The third-order valence-electron chi connectivity index (χ3n) is 5.70. The van der Waals surface area contributed by atoms with Crippen LogP contribution in [0.2, 0.25) is 0 Å². The van der Waals surface area contributed by atoms with Gasteiger partial charge < -0.3 is 20.3 Å². The number of carbonyl (C=O) groups is 4. The lowest BCUT2D eigenvalue weighted by Crippen LogP contribution is -2.40. The fourth-order valence-electron chi connectivity index (χ4n) is 3.97. The molecule has 0 saturated carbocycles. The standard InChI is InChI=1S/C23H24N4O5/c1-3-32-18-10-5-4-9-17(18)27-13-14(11-19(27)28)20(29)24-16-8-6-7-15(12-16)23(2)21(30)25-22(31)26-23/h4-10,12,14H,3,11,13H2,1-2H3,(H,24,29)(H2,25,26,30,31). The monoisotopic (exact) mass is 436 g/mol. The first-order valence-electron chi connectivity index (χ1n) is 10.4. The van der Waals surface area contributed by atoms with Gasteiger partial charge >= 0.3 is 6.03 Å². The average Bonchev–Trinajstić information content (AvgIpc) is 3.28. The summed E-state index contributed by atoms with van der Waals surface area (Å²) in [5, 5.41) is 7.65. The van der Waals surface area contributed by atoms with Crippen molar-refractivity contribution in [3.05, 3.63) is 54.1 Å². The first-order chi connectivity index (χ1) is 15.3. The highest BCUT2D eigenvalue weighted by atomic mass is 16.5. The lowest BCUT2D eigenvalue weighted by atomic mass is 9.92. The molecule has 0 bridgehead atoms. The Balaban J connectivity index is 1.48. The lowest BCUT2D eigenvalue weighted by molar-refractivity contribution is -0.123. The maximum atomic E-state index is 12.9. The van der Waals surface area contributed by atoms with Gasteiger partial charge in [0.25, 0.3) is 5.91 Å². The Kier molecular flexibility index (Phi) is 5.56. The largest absolute Gasteiger partial charge is 0.492 e. The van der Waals surface area contributed by atoms with Crippen LogP contribution in [0, 0.1) is 5.92 Å². The van der Waals surface area contributed by atoms with Crippen LogP contribution in [0.3, 0.4) is 0 Å². The summed E-state index contributed by atoms with van der Waals surface area (Å²) < 4.78 is 5.62. The van der Waals surface area contributed by atoms with E-state index in [0.29, 0.717) is 29.3 Å². The van der Waals surface area contributed by atoms with Crippen LogP contribution < -0.4 is 25.6 Å². The number of hydrogen-bond acceptors (Lipinski definition) is 5. The van der Waals surface area contributed by atoms with Crippen molar-refractivity contribution in [3.63, 3.8) is 0 Å². The van der Waals surface area contributed by atoms with Gasteiger partial charge in [0.15, 0.2) is 0 Å². The Morgan fingerprint density at radius 2 is 1.97 bits per heavy atom. The van der Waals surface area contributed by atoms with Crippen molar-refractivity contribution in [1.29, 1.82) is 0 Å². The SMILES string of the molecule is CCOc1ccccc1N1CC(C(=O)Nc2cccc(C3(C)NC(=O)NC3=O)c2)CC1=O. The van der Waals surface area contributed by atoms with Gasteiger partial charge in [-0.1, -0.05) is 24.3 Å². The van der Waals surface area contributed by atoms with Gasteiger partial charge in [-0.2, -0.15) is 0 Å². The molecule has 0 aromatic heterocycles. The molecule has 9 heteroatoms. The Labute approximate surface area is 185 Å². The molecule has 0 spiro atoms. The molecule has 5 amide bonds. The van der Waals surface area contributed by atoms with Crippen molar-refractivity contribution < 1.29 is 23.9 Å². The van der Waals surface area contributed by atoms with Crippen LogP contribution in [0.5, 0.6) is 5.75 Å². The first kappa shape index (κ1) is 21.4. The van der Waals surface area contributed by atoms with Crippen molar-refractivity contribution in [1.82, 2.24) is 10.6 Å². The smallest absolute Gasteiger partial charge is 0.322 e. The topological polar surface area (TPSA) is 117 Å². The number of ether oxygens (including phenoxy) is 1. The summed E-state index contributed by atoms with van der Waals surface area (Å²) in [5.74, 6) is -0.843. The van der Waals surface area contributed by atoms with Crippen LogP contribution in [0.1, 0.15) is 25.8 Å². The second-order valence-corrected chi connectivity index (χ2v) is 7.91. The minimum Gasteiger partial charge on any atom is -0.492 e. The second kappa shape index (κ2) is 8.33. The fourth-order valence-corrected chi connectivity index (χ4v) is 3.97. The molecule has 2 heterocycles. The highest BCUT2D eigenvalue weighted by Crippen LogP contribution is 2.33. The van der Waals surface area contributed by atoms with Gasteiger partial charge in [-0.05, 0) is 43.7 Å². The summed E-state index contributed by atoms with van der Waals surface area (Å²) in [6.07, 6.45) is 0.0855. The van der Waals surface area contributed by atoms with Crippen LogP contribution in [0.15, 0.2) is 48.5 Å². The molecule has 2 atom stereocenters.